The number of fused-ring (bicyclic) bond motifs is 3. The monoisotopic (exact) mass is 273 g/mol. The van der Waals surface area contributed by atoms with Gasteiger partial charge in [0.05, 0.1) is 31.2 Å². The van der Waals surface area contributed by atoms with Crippen LogP contribution in [0.2, 0.25) is 0 Å². The summed E-state index contributed by atoms with van der Waals surface area (Å²) in [6, 6.07) is 6.26. The third kappa shape index (κ3) is 1.45. The number of nitrogens with zero attached hydrogens (tertiary/aromatic N) is 1. The maximum atomic E-state index is 12.3. The maximum absolute atomic E-state index is 12.3. The molecule has 0 atom stereocenters. The Bertz CT molecular complexity index is 744. The van der Waals surface area contributed by atoms with Crippen LogP contribution in [0.4, 0.5) is 0 Å². The molecule has 1 aromatic carbocycles. The van der Waals surface area contributed by atoms with Crippen LogP contribution in [0, 0.1) is 0 Å². The minimum absolute atomic E-state index is 0.0303. The number of aromatic hydroxyl groups is 1. The highest BCUT2D eigenvalue weighted by Crippen LogP contribution is 2.37. The zero-order chi connectivity index (χ0) is 14.4. The number of ether oxygens (including phenoxy) is 2. The number of hydrogen-bond donors (Lipinski definition) is 1. The van der Waals surface area contributed by atoms with E-state index in [0.717, 1.165) is 0 Å². The molecule has 0 spiro atoms. The Kier molecular flexibility index (Phi) is 2.53. The van der Waals surface area contributed by atoms with Gasteiger partial charge in [0, 0.05) is 0 Å². The maximum Gasteiger partial charge on any atom is 0.343 e. The fourth-order valence-corrected chi connectivity index (χ4v) is 2.33. The van der Waals surface area contributed by atoms with Crippen molar-refractivity contribution in [3.8, 4) is 17.3 Å². The highest BCUT2D eigenvalue weighted by atomic mass is 16.5. The number of esters is 1. The van der Waals surface area contributed by atoms with Crippen LogP contribution in [0.15, 0.2) is 24.3 Å². The summed E-state index contributed by atoms with van der Waals surface area (Å²) < 4.78 is 11.0. The van der Waals surface area contributed by atoms with E-state index in [4.69, 9.17) is 4.74 Å². The summed E-state index contributed by atoms with van der Waals surface area (Å²) in [5.41, 5.74) is 1.13. The van der Waals surface area contributed by atoms with Crippen molar-refractivity contribution in [3.63, 3.8) is 0 Å². The molecule has 0 saturated carbocycles. The van der Waals surface area contributed by atoms with E-state index in [1.165, 1.54) is 24.9 Å². The lowest BCUT2D eigenvalue weighted by atomic mass is 10.1. The number of benzene rings is 1. The quantitative estimate of drug-likeness (QED) is 0.716. The Morgan fingerprint density at radius 3 is 2.65 bits per heavy atom. The van der Waals surface area contributed by atoms with Crippen molar-refractivity contribution in [3.05, 3.63) is 41.1 Å². The summed E-state index contributed by atoms with van der Waals surface area (Å²) in [5.74, 6) is -0.712. The molecule has 1 aliphatic heterocycles. The van der Waals surface area contributed by atoms with E-state index in [9.17, 15) is 14.7 Å². The first-order valence-electron chi connectivity index (χ1n) is 5.84. The van der Waals surface area contributed by atoms with Crippen LogP contribution >= 0.6 is 0 Å². The van der Waals surface area contributed by atoms with E-state index in [2.05, 4.69) is 4.74 Å². The van der Waals surface area contributed by atoms with Gasteiger partial charge in [-0.3, -0.25) is 9.36 Å². The van der Waals surface area contributed by atoms with Gasteiger partial charge in [-0.2, -0.15) is 0 Å². The average molecular weight is 273 g/mol. The third-order valence-corrected chi connectivity index (χ3v) is 3.30. The van der Waals surface area contributed by atoms with Crippen LogP contribution in [0.25, 0.3) is 5.69 Å². The Morgan fingerprint density at radius 2 is 2.00 bits per heavy atom. The van der Waals surface area contributed by atoms with Crippen LogP contribution < -0.4 is 4.74 Å². The summed E-state index contributed by atoms with van der Waals surface area (Å²) in [6.45, 7) is 0. The Balaban J connectivity index is 2.22. The Labute approximate surface area is 114 Å². The molecule has 1 N–H and O–H groups in total. The van der Waals surface area contributed by atoms with Crippen molar-refractivity contribution < 1.29 is 24.2 Å². The molecule has 0 radical (unpaired) electrons. The highest BCUT2D eigenvalue weighted by molar-refractivity contribution is 6.16. The van der Waals surface area contributed by atoms with Crippen molar-refractivity contribution >= 4 is 11.8 Å². The minimum atomic E-state index is -0.688. The predicted molar refractivity (Wildman–Crippen MR) is 68.8 cm³/mol. The second-order valence-corrected chi connectivity index (χ2v) is 4.31. The Morgan fingerprint density at radius 1 is 1.25 bits per heavy atom. The van der Waals surface area contributed by atoms with Gasteiger partial charge in [0.1, 0.15) is 11.3 Å². The molecule has 0 unspecified atom stereocenters. The molecular formula is C14H11NO5. The lowest BCUT2D eigenvalue weighted by Crippen LogP contribution is -2.01. The van der Waals surface area contributed by atoms with Crippen molar-refractivity contribution in [2.24, 2.45) is 0 Å². The fraction of sp³-hybridized carbons (Fsp3) is 0.143. The predicted octanol–water partition coefficient (Wildman–Crippen LogP) is 1.52. The first-order chi connectivity index (χ1) is 9.58. The van der Waals surface area contributed by atoms with Crippen LogP contribution in [0.1, 0.15) is 26.4 Å². The average Bonchev–Trinajstić information content (AvgIpc) is 2.95. The molecule has 1 aliphatic rings. The van der Waals surface area contributed by atoms with Crippen molar-refractivity contribution in [1.29, 1.82) is 0 Å². The lowest BCUT2D eigenvalue weighted by molar-refractivity contribution is 0.0597. The molecular weight excluding hydrogens is 262 g/mol. The van der Waals surface area contributed by atoms with Crippen molar-refractivity contribution in [2.75, 3.05) is 14.2 Å². The topological polar surface area (TPSA) is 77.8 Å². The zero-order valence-corrected chi connectivity index (χ0v) is 10.8. The van der Waals surface area contributed by atoms with Gasteiger partial charge < -0.3 is 14.6 Å². The first kappa shape index (κ1) is 12.3. The fourth-order valence-electron chi connectivity index (χ4n) is 2.33. The number of rotatable bonds is 2. The van der Waals surface area contributed by atoms with Crippen LogP contribution in [0.3, 0.4) is 0 Å². The molecule has 0 aliphatic carbocycles. The molecule has 20 heavy (non-hydrogen) atoms. The zero-order valence-electron chi connectivity index (χ0n) is 10.8. The number of hydrogen-bond acceptors (Lipinski definition) is 5. The van der Waals surface area contributed by atoms with Crippen LogP contribution in [0.5, 0.6) is 11.6 Å². The second kappa shape index (κ2) is 4.12. The highest BCUT2D eigenvalue weighted by Gasteiger charge is 2.33. The normalized spacial score (nSPS) is 12.0. The van der Waals surface area contributed by atoms with E-state index in [0.29, 0.717) is 17.0 Å². The van der Waals surface area contributed by atoms with Gasteiger partial charge in [-0.05, 0) is 24.3 Å². The second-order valence-electron chi connectivity index (χ2n) is 4.31. The first-order valence-corrected chi connectivity index (χ1v) is 5.84. The number of methoxy groups -OCH3 is 2. The van der Waals surface area contributed by atoms with E-state index in [1.807, 2.05) is 0 Å². The lowest BCUT2D eigenvalue weighted by Gasteiger charge is -2.06. The molecule has 0 amide bonds. The third-order valence-electron chi connectivity index (χ3n) is 3.30. The van der Waals surface area contributed by atoms with Crippen molar-refractivity contribution in [1.82, 2.24) is 4.57 Å². The van der Waals surface area contributed by atoms with Gasteiger partial charge in [-0.15, -0.1) is 0 Å². The molecule has 6 heteroatoms. The van der Waals surface area contributed by atoms with Gasteiger partial charge in [-0.25, -0.2) is 4.79 Å². The summed E-state index contributed by atoms with van der Waals surface area (Å²) >= 11 is 0. The molecule has 0 bridgehead atoms. The molecule has 2 aromatic rings. The molecule has 3 rings (SSSR count). The molecule has 2 heterocycles. The van der Waals surface area contributed by atoms with Gasteiger partial charge in [0.15, 0.2) is 0 Å². The van der Waals surface area contributed by atoms with Crippen LogP contribution in [-0.4, -0.2) is 35.6 Å². The van der Waals surface area contributed by atoms with E-state index in [1.54, 1.807) is 18.2 Å². The standard InChI is InChI=1S/C14H11NO5/c1-19-7-3-4-10-8(5-7)12(16)11-6-9(14(18)20-2)13(17)15(10)11/h3-6,17H,1-2H3. The number of carbonyl (C=O) groups is 2. The Hall–Kier alpha value is -2.76. The van der Waals surface area contributed by atoms with Gasteiger partial charge in [0.25, 0.3) is 0 Å². The molecule has 6 nitrogen and oxygen atoms in total. The SMILES string of the molecule is COC(=O)c1cc2n(c1O)-c1ccc(OC)cc1C2=O. The summed E-state index contributed by atoms with van der Waals surface area (Å²) in [4.78, 5) is 23.8. The van der Waals surface area contributed by atoms with E-state index < -0.39 is 5.97 Å². The van der Waals surface area contributed by atoms with Gasteiger partial charge in [0.2, 0.25) is 11.7 Å². The molecule has 0 fully saturated rings. The minimum Gasteiger partial charge on any atom is -0.497 e. The van der Waals surface area contributed by atoms with Gasteiger partial charge in [-0.1, -0.05) is 0 Å². The van der Waals surface area contributed by atoms with Gasteiger partial charge >= 0.3 is 5.97 Å². The van der Waals surface area contributed by atoms with E-state index >= 15 is 0 Å². The summed E-state index contributed by atoms with van der Waals surface area (Å²) in [6.07, 6.45) is 0. The smallest absolute Gasteiger partial charge is 0.343 e. The van der Waals surface area contributed by atoms with Crippen molar-refractivity contribution in [2.45, 2.75) is 0 Å². The molecule has 1 aromatic heterocycles. The summed E-state index contributed by atoms with van der Waals surface area (Å²) in [5, 5.41) is 10.1. The summed E-state index contributed by atoms with van der Waals surface area (Å²) in [7, 11) is 2.72. The molecule has 102 valence electrons. The molecule has 0 saturated heterocycles. The van der Waals surface area contributed by atoms with Crippen LogP contribution in [-0.2, 0) is 4.74 Å². The van der Waals surface area contributed by atoms with E-state index in [-0.39, 0.29) is 22.9 Å². The largest absolute Gasteiger partial charge is 0.497 e. The number of aromatic nitrogens is 1. The number of ketones is 1. The number of carbonyl (C=O) groups excluding carboxylic acids is 2.